The van der Waals surface area contributed by atoms with Crippen molar-refractivity contribution in [2.45, 2.75) is 27.4 Å². The molecule has 0 amide bonds. The fraction of sp³-hybridized carbons (Fsp3) is 0.267. The highest BCUT2D eigenvalue weighted by Crippen LogP contribution is 2.34. The van der Waals surface area contributed by atoms with Crippen LogP contribution in [0.3, 0.4) is 0 Å². The van der Waals surface area contributed by atoms with Crippen molar-refractivity contribution < 1.29 is 9.52 Å². The standard InChI is InChI=1S/C15H15NO3/c1-7-5-12(18)16-14-10(7)4-8(2)15-13(14)9(3)11(6-17)19-15/h4-5,17H,6H2,1-3H3,(H,16,18). The number of fused-ring (bicyclic) bond motifs is 3. The molecule has 2 N–H and O–H groups in total. The molecule has 0 atom stereocenters. The molecule has 0 radical (unpaired) electrons. The molecule has 3 aromatic rings. The van der Waals surface area contributed by atoms with Crippen LogP contribution in [0.4, 0.5) is 0 Å². The number of aromatic amines is 1. The van der Waals surface area contributed by atoms with Crippen molar-refractivity contribution in [1.82, 2.24) is 4.98 Å². The molecule has 0 aliphatic rings. The van der Waals surface area contributed by atoms with Crippen molar-refractivity contribution in [3.05, 3.63) is 44.9 Å². The smallest absolute Gasteiger partial charge is 0.248 e. The first-order chi connectivity index (χ1) is 9.02. The molecular weight excluding hydrogens is 242 g/mol. The second-order valence-corrected chi connectivity index (χ2v) is 4.95. The Morgan fingerprint density at radius 2 is 1.95 bits per heavy atom. The number of benzene rings is 1. The molecule has 0 aliphatic heterocycles. The average Bonchev–Trinajstić information content (AvgIpc) is 2.69. The lowest BCUT2D eigenvalue weighted by Crippen LogP contribution is -2.05. The highest BCUT2D eigenvalue weighted by molar-refractivity contribution is 6.07. The highest BCUT2D eigenvalue weighted by atomic mass is 16.4. The minimum Gasteiger partial charge on any atom is -0.458 e. The summed E-state index contributed by atoms with van der Waals surface area (Å²) in [6.07, 6.45) is 0. The van der Waals surface area contributed by atoms with Crippen LogP contribution in [-0.4, -0.2) is 10.1 Å². The van der Waals surface area contributed by atoms with E-state index in [2.05, 4.69) is 4.98 Å². The van der Waals surface area contributed by atoms with Crippen LogP contribution in [0.15, 0.2) is 21.3 Å². The van der Waals surface area contributed by atoms with Crippen LogP contribution in [0.5, 0.6) is 0 Å². The topological polar surface area (TPSA) is 66.2 Å². The van der Waals surface area contributed by atoms with E-state index in [0.29, 0.717) is 5.76 Å². The molecule has 19 heavy (non-hydrogen) atoms. The molecule has 2 aromatic heterocycles. The van der Waals surface area contributed by atoms with Crippen LogP contribution in [0.2, 0.25) is 0 Å². The summed E-state index contributed by atoms with van der Waals surface area (Å²) in [7, 11) is 0. The van der Waals surface area contributed by atoms with Gasteiger partial charge in [0.25, 0.3) is 0 Å². The zero-order chi connectivity index (χ0) is 13.7. The fourth-order valence-corrected chi connectivity index (χ4v) is 2.65. The summed E-state index contributed by atoms with van der Waals surface area (Å²) >= 11 is 0. The summed E-state index contributed by atoms with van der Waals surface area (Å²) in [5.74, 6) is 0.549. The summed E-state index contributed by atoms with van der Waals surface area (Å²) in [4.78, 5) is 14.6. The number of aliphatic hydroxyl groups is 1. The number of hydrogen-bond donors (Lipinski definition) is 2. The summed E-state index contributed by atoms with van der Waals surface area (Å²) in [5.41, 5.74) is 4.21. The number of pyridine rings is 1. The van der Waals surface area contributed by atoms with E-state index >= 15 is 0 Å². The second-order valence-electron chi connectivity index (χ2n) is 4.95. The van der Waals surface area contributed by atoms with Crippen molar-refractivity contribution in [3.63, 3.8) is 0 Å². The number of aryl methyl sites for hydroxylation is 3. The fourth-order valence-electron chi connectivity index (χ4n) is 2.65. The number of furan rings is 1. The van der Waals surface area contributed by atoms with Gasteiger partial charge < -0.3 is 14.5 Å². The van der Waals surface area contributed by atoms with Crippen LogP contribution in [-0.2, 0) is 6.61 Å². The van der Waals surface area contributed by atoms with Gasteiger partial charge in [0.2, 0.25) is 5.56 Å². The monoisotopic (exact) mass is 257 g/mol. The SMILES string of the molecule is Cc1cc(=O)[nH]c2c1cc(C)c1oc(CO)c(C)c12. The van der Waals surface area contributed by atoms with E-state index in [0.717, 1.165) is 38.6 Å². The molecule has 3 rings (SSSR count). The van der Waals surface area contributed by atoms with E-state index in [1.165, 1.54) is 0 Å². The van der Waals surface area contributed by atoms with Gasteiger partial charge in [-0.15, -0.1) is 0 Å². The lowest BCUT2D eigenvalue weighted by atomic mass is 10.0. The predicted molar refractivity (Wildman–Crippen MR) is 74.5 cm³/mol. The summed E-state index contributed by atoms with van der Waals surface area (Å²) in [5, 5.41) is 11.2. The van der Waals surface area contributed by atoms with Crippen molar-refractivity contribution in [2.24, 2.45) is 0 Å². The van der Waals surface area contributed by atoms with Gasteiger partial charge in [0.15, 0.2) is 0 Å². The van der Waals surface area contributed by atoms with Gasteiger partial charge >= 0.3 is 0 Å². The zero-order valence-electron chi connectivity index (χ0n) is 11.1. The third kappa shape index (κ3) is 1.60. The Labute approximate surface area is 109 Å². The predicted octanol–water partition coefficient (Wildman–Crippen LogP) is 2.69. The van der Waals surface area contributed by atoms with E-state index in [1.54, 1.807) is 6.07 Å². The van der Waals surface area contributed by atoms with Gasteiger partial charge in [-0.05, 0) is 38.0 Å². The number of hydrogen-bond acceptors (Lipinski definition) is 3. The minimum atomic E-state index is -0.141. The molecule has 0 bridgehead atoms. The number of aliphatic hydroxyl groups excluding tert-OH is 1. The van der Waals surface area contributed by atoms with E-state index in [1.807, 2.05) is 26.8 Å². The van der Waals surface area contributed by atoms with Crippen molar-refractivity contribution in [2.75, 3.05) is 0 Å². The second kappa shape index (κ2) is 3.96. The van der Waals surface area contributed by atoms with Gasteiger partial charge in [0.1, 0.15) is 18.0 Å². The molecule has 98 valence electrons. The Morgan fingerprint density at radius 1 is 1.21 bits per heavy atom. The lowest BCUT2D eigenvalue weighted by Gasteiger charge is -2.05. The van der Waals surface area contributed by atoms with Crippen LogP contribution >= 0.6 is 0 Å². The van der Waals surface area contributed by atoms with Crippen molar-refractivity contribution >= 4 is 21.9 Å². The Morgan fingerprint density at radius 3 is 2.63 bits per heavy atom. The first kappa shape index (κ1) is 12.0. The molecule has 0 saturated heterocycles. The molecular formula is C15H15NO3. The Bertz CT molecular complexity index is 855. The maximum atomic E-state index is 11.7. The van der Waals surface area contributed by atoms with E-state index in [9.17, 15) is 9.90 Å². The summed E-state index contributed by atoms with van der Waals surface area (Å²) < 4.78 is 5.69. The lowest BCUT2D eigenvalue weighted by molar-refractivity contribution is 0.250. The minimum absolute atomic E-state index is 0.124. The quantitative estimate of drug-likeness (QED) is 0.704. The van der Waals surface area contributed by atoms with Gasteiger partial charge in [0.05, 0.1) is 5.52 Å². The summed E-state index contributed by atoms with van der Waals surface area (Å²) in [6, 6.07) is 3.60. The van der Waals surface area contributed by atoms with Gasteiger partial charge in [-0.2, -0.15) is 0 Å². The van der Waals surface area contributed by atoms with Crippen LogP contribution in [0, 0.1) is 20.8 Å². The highest BCUT2D eigenvalue weighted by Gasteiger charge is 2.16. The third-order valence-corrected chi connectivity index (χ3v) is 3.65. The van der Waals surface area contributed by atoms with Gasteiger partial charge in [-0.1, -0.05) is 0 Å². The van der Waals surface area contributed by atoms with E-state index < -0.39 is 0 Å². The number of rotatable bonds is 1. The average molecular weight is 257 g/mol. The Balaban J connectivity index is 2.65. The van der Waals surface area contributed by atoms with Gasteiger partial charge in [-0.3, -0.25) is 4.79 Å². The number of H-pyrrole nitrogens is 1. The maximum absolute atomic E-state index is 11.7. The summed E-state index contributed by atoms with van der Waals surface area (Å²) in [6.45, 7) is 5.65. The van der Waals surface area contributed by atoms with Crippen LogP contribution in [0.25, 0.3) is 21.9 Å². The molecule has 0 unspecified atom stereocenters. The van der Waals surface area contributed by atoms with Gasteiger partial charge in [-0.25, -0.2) is 0 Å². The molecule has 0 spiro atoms. The first-order valence-electron chi connectivity index (χ1n) is 6.19. The van der Waals surface area contributed by atoms with Crippen LogP contribution in [0.1, 0.15) is 22.5 Å². The third-order valence-electron chi connectivity index (χ3n) is 3.65. The molecule has 0 aliphatic carbocycles. The van der Waals surface area contributed by atoms with Crippen LogP contribution < -0.4 is 5.56 Å². The molecule has 4 nitrogen and oxygen atoms in total. The van der Waals surface area contributed by atoms with Gasteiger partial charge in [0, 0.05) is 22.4 Å². The number of nitrogens with one attached hydrogen (secondary N) is 1. The number of aromatic nitrogens is 1. The molecule has 1 aromatic carbocycles. The molecule has 0 fully saturated rings. The zero-order valence-corrected chi connectivity index (χ0v) is 11.1. The van der Waals surface area contributed by atoms with E-state index in [-0.39, 0.29) is 12.2 Å². The first-order valence-corrected chi connectivity index (χ1v) is 6.19. The molecule has 2 heterocycles. The van der Waals surface area contributed by atoms with Crippen molar-refractivity contribution in [1.29, 1.82) is 0 Å². The van der Waals surface area contributed by atoms with Crippen molar-refractivity contribution in [3.8, 4) is 0 Å². The maximum Gasteiger partial charge on any atom is 0.248 e. The largest absolute Gasteiger partial charge is 0.458 e. The molecule has 0 saturated carbocycles. The Kier molecular flexibility index (Phi) is 2.50. The molecule has 4 heteroatoms. The Hall–Kier alpha value is -2.07. The van der Waals surface area contributed by atoms with E-state index in [4.69, 9.17) is 4.42 Å². The normalized spacial score (nSPS) is 11.6.